The number of hydrogen-bond acceptors (Lipinski definition) is 4. The number of aryl methyl sites for hydroxylation is 1. The SMILES string of the molecule is Cc1ccc(F)c(NC(=O)Nc2ccc(-c3cccc4[nH]nc(N)c34)cc2O)c1. The van der Waals surface area contributed by atoms with Gasteiger partial charge in [0.15, 0.2) is 5.82 Å². The minimum atomic E-state index is -0.668. The van der Waals surface area contributed by atoms with E-state index in [1.165, 1.54) is 18.2 Å². The smallest absolute Gasteiger partial charge is 0.323 e. The summed E-state index contributed by atoms with van der Waals surface area (Å²) in [7, 11) is 0. The van der Waals surface area contributed by atoms with Crippen LogP contribution in [0.4, 0.5) is 26.4 Å². The third-order valence-corrected chi connectivity index (χ3v) is 4.54. The number of halogens is 1. The zero-order valence-electron chi connectivity index (χ0n) is 15.5. The normalized spacial score (nSPS) is 10.8. The molecule has 4 rings (SSSR count). The number of nitrogens with one attached hydrogen (secondary N) is 3. The predicted octanol–water partition coefficient (Wildman–Crippen LogP) is 4.61. The van der Waals surface area contributed by atoms with E-state index in [-0.39, 0.29) is 17.1 Å². The van der Waals surface area contributed by atoms with E-state index >= 15 is 0 Å². The van der Waals surface area contributed by atoms with Gasteiger partial charge in [-0.05, 0) is 53.9 Å². The number of urea groups is 1. The number of carbonyl (C=O) groups is 1. The van der Waals surface area contributed by atoms with Gasteiger partial charge in [0.2, 0.25) is 0 Å². The molecule has 29 heavy (non-hydrogen) atoms. The molecule has 0 aliphatic heterocycles. The fraction of sp³-hybridized carbons (Fsp3) is 0.0476. The molecule has 1 aromatic heterocycles. The Hall–Kier alpha value is -4.07. The third-order valence-electron chi connectivity index (χ3n) is 4.54. The second kappa shape index (κ2) is 7.16. The van der Waals surface area contributed by atoms with Crippen molar-refractivity contribution < 1.29 is 14.3 Å². The molecule has 0 radical (unpaired) electrons. The van der Waals surface area contributed by atoms with Gasteiger partial charge < -0.3 is 21.5 Å². The highest BCUT2D eigenvalue weighted by atomic mass is 19.1. The monoisotopic (exact) mass is 391 g/mol. The van der Waals surface area contributed by atoms with Gasteiger partial charge in [-0.3, -0.25) is 5.10 Å². The summed E-state index contributed by atoms with van der Waals surface area (Å²) >= 11 is 0. The molecule has 7 nitrogen and oxygen atoms in total. The van der Waals surface area contributed by atoms with E-state index in [1.807, 2.05) is 18.2 Å². The van der Waals surface area contributed by atoms with Crippen molar-refractivity contribution in [1.29, 1.82) is 0 Å². The molecule has 4 aromatic rings. The van der Waals surface area contributed by atoms with E-state index in [2.05, 4.69) is 20.8 Å². The first-order valence-corrected chi connectivity index (χ1v) is 8.82. The largest absolute Gasteiger partial charge is 0.506 e. The van der Waals surface area contributed by atoms with Crippen molar-refractivity contribution in [3.8, 4) is 16.9 Å². The van der Waals surface area contributed by atoms with Gasteiger partial charge in [0.05, 0.1) is 22.3 Å². The van der Waals surface area contributed by atoms with Crippen LogP contribution < -0.4 is 16.4 Å². The van der Waals surface area contributed by atoms with Crippen molar-refractivity contribution in [2.75, 3.05) is 16.4 Å². The summed E-state index contributed by atoms with van der Waals surface area (Å²) in [6.45, 7) is 1.79. The lowest BCUT2D eigenvalue weighted by Crippen LogP contribution is -2.20. The van der Waals surface area contributed by atoms with Crippen molar-refractivity contribution in [3.63, 3.8) is 0 Å². The molecule has 0 unspecified atom stereocenters. The number of aromatic amines is 1. The molecule has 0 atom stereocenters. The topological polar surface area (TPSA) is 116 Å². The third kappa shape index (κ3) is 3.55. The number of nitrogens with zero attached hydrogens (tertiary/aromatic N) is 1. The zero-order chi connectivity index (χ0) is 20.5. The first-order chi connectivity index (χ1) is 13.9. The van der Waals surface area contributed by atoms with Crippen molar-refractivity contribution in [2.45, 2.75) is 6.92 Å². The number of anilines is 3. The van der Waals surface area contributed by atoms with Crippen molar-refractivity contribution in [2.24, 2.45) is 0 Å². The summed E-state index contributed by atoms with van der Waals surface area (Å²) in [5.74, 6) is -0.325. The Bertz CT molecular complexity index is 1240. The molecule has 0 saturated heterocycles. The van der Waals surface area contributed by atoms with Crippen LogP contribution in [0.15, 0.2) is 54.6 Å². The van der Waals surface area contributed by atoms with E-state index in [1.54, 1.807) is 25.1 Å². The van der Waals surface area contributed by atoms with Crippen LogP contribution in [0.1, 0.15) is 5.56 Å². The lowest BCUT2D eigenvalue weighted by atomic mass is 10.0. The molecule has 0 bridgehead atoms. The lowest BCUT2D eigenvalue weighted by molar-refractivity contribution is 0.262. The van der Waals surface area contributed by atoms with Crippen LogP contribution in [0.2, 0.25) is 0 Å². The Labute approximate surface area is 165 Å². The number of benzene rings is 3. The van der Waals surface area contributed by atoms with Gasteiger partial charge in [-0.2, -0.15) is 5.10 Å². The Balaban J connectivity index is 1.58. The molecule has 0 saturated carbocycles. The molecule has 0 fully saturated rings. The van der Waals surface area contributed by atoms with Gasteiger partial charge in [-0.1, -0.05) is 24.3 Å². The number of fused-ring (bicyclic) bond motifs is 1. The number of H-pyrrole nitrogens is 1. The first kappa shape index (κ1) is 18.3. The Kier molecular flexibility index (Phi) is 4.52. The highest BCUT2D eigenvalue weighted by molar-refractivity contribution is 6.03. The van der Waals surface area contributed by atoms with E-state index in [4.69, 9.17) is 5.73 Å². The molecular formula is C21H18FN5O2. The number of phenols is 1. The Morgan fingerprint density at radius 1 is 1.10 bits per heavy atom. The summed E-state index contributed by atoms with van der Waals surface area (Å²) in [5, 5.41) is 22.9. The summed E-state index contributed by atoms with van der Waals surface area (Å²) in [4.78, 5) is 12.2. The summed E-state index contributed by atoms with van der Waals surface area (Å²) < 4.78 is 13.8. The van der Waals surface area contributed by atoms with Crippen LogP contribution in [-0.4, -0.2) is 21.3 Å². The van der Waals surface area contributed by atoms with Crippen LogP contribution >= 0.6 is 0 Å². The molecule has 146 valence electrons. The van der Waals surface area contributed by atoms with Crippen molar-refractivity contribution in [3.05, 3.63) is 66.0 Å². The van der Waals surface area contributed by atoms with E-state index in [0.717, 1.165) is 22.0 Å². The number of hydrogen-bond donors (Lipinski definition) is 5. The number of rotatable bonds is 3. The second-order valence-corrected chi connectivity index (χ2v) is 6.63. The molecule has 2 amide bonds. The van der Waals surface area contributed by atoms with Gasteiger partial charge in [-0.25, -0.2) is 9.18 Å². The standard InChI is InChI=1S/C21H18FN5O2/c1-11-5-7-14(22)17(9-11)25-21(29)24-15-8-6-12(10-18(15)28)13-3-2-4-16-19(13)20(23)27-26-16/h2-10,28H,1H3,(H3,23,26,27)(H2,24,25,29). The first-order valence-electron chi connectivity index (χ1n) is 8.82. The maximum Gasteiger partial charge on any atom is 0.323 e. The van der Waals surface area contributed by atoms with Gasteiger partial charge in [0.25, 0.3) is 0 Å². The fourth-order valence-corrected chi connectivity index (χ4v) is 3.15. The number of nitrogen functional groups attached to an aromatic ring is 1. The number of carbonyl (C=O) groups excluding carboxylic acids is 1. The summed E-state index contributed by atoms with van der Waals surface area (Å²) in [6.07, 6.45) is 0. The summed E-state index contributed by atoms with van der Waals surface area (Å²) in [5.41, 5.74) is 9.27. The van der Waals surface area contributed by atoms with Crippen LogP contribution in [0.3, 0.4) is 0 Å². The number of aromatic nitrogens is 2. The van der Waals surface area contributed by atoms with Crippen LogP contribution in [0, 0.1) is 12.7 Å². The Morgan fingerprint density at radius 2 is 1.90 bits per heavy atom. The predicted molar refractivity (Wildman–Crippen MR) is 111 cm³/mol. The van der Waals surface area contributed by atoms with Crippen LogP contribution in [0.5, 0.6) is 5.75 Å². The minimum absolute atomic E-state index is 0.0562. The van der Waals surface area contributed by atoms with Crippen molar-refractivity contribution >= 4 is 34.1 Å². The van der Waals surface area contributed by atoms with E-state index in [0.29, 0.717) is 11.4 Å². The van der Waals surface area contributed by atoms with Gasteiger partial charge in [0.1, 0.15) is 11.6 Å². The highest BCUT2D eigenvalue weighted by Gasteiger charge is 2.13. The maximum absolute atomic E-state index is 13.8. The molecule has 0 spiro atoms. The molecule has 6 N–H and O–H groups in total. The van der Waals surface area contributed by atoms with Crippen LogP contribution in [0.25, 0.3) is 22.0 Å². The fourth-order valence-electron chi connectivity index (χ4n) is 3.15. The molecular weight excluding hydrogens is 373 g/mol. The lowest BCUT2D eigenvalue weighted by Gasteiger charge is -2.12. The molecule has 8 heteroatoms. The summed E-state index contributed by atoms with van der Waals surface area (Å²) in [6, 6.07) is 14.1. The van der Waals surface area contributed by atoms with E-state index in [9.17, 15) is 14.3 Å². The van der Waals surface area contributed by atoms with E-state index < -0.39 is 11.8 Å². The molecule has 1 heterocycles. The van der Waals surface area contributed by atoms with Gasteiger partial charge in [0, 0.05) is 0 Å². The molecule has 0 aliphatic rings. The number of phenolic OH excluding ortho intramolecular Hbond substituents is 1. The van der Waals surface area contributed by atoms with Gasteiger partial charge >= 0.3 is 6.03 Å². The number of aromatic hydroxyl groups is 1. The van der Waals surface area contributed by atoms with Crippen molar-refractivity contribution in [1.82, 2.24) is 10.2 Å². The molecule has 0 aliphatic carbocycles. The maximum atomic E-state index is 13.8. The number of nitrogens with two attached hydrogens (primary N) is 1. The quantitative estimate of drug-likeness (QED) is 0.328. The number of amides is 2. The zero-order valence-corrected chi connectivity index (χ0v) is 15.5. The van der Waals surface area contributed by atoms with Crippen LogP contribution in [-0.2, 0) is 0 Å². The Morgan fingerprint density at radius 3 is 2.69 bits per heavy atom. The van der Waals surface area contributed by atoms with Gasteiger partial charge in [-0.15, -0.1) is 0 Å². The average molecular weight is 391 g/mol. The second-order valence-electron chi connectivity index (χ2n) is 6.63. The minimum Gasteiger partial charge on any atom is -0.506 e. The molecule has 3 aromatic carbocycles. The average Bonchev–Trinajstić information content (AvgIpc) is 3.07. The highest BCUT2D eigenvalue weighted by Crippen LogP contribution is 2.35.